The molecule has 0 fully saturated rings. The highest BCUT2D eigenvalue weighted by Gasteiger charge is 2.20. The number of aromatic carboxylic acids is 1. The van der Waals surface area contributed by atoms with E-state index in [1.54, 1.807) is 31.4 Å². The lowest BCUT2D eigenvalue weighted by Gasteiger charge is -2.17. The molecule has 1 N–H and O–H groups in total. The summed E-state index contributed by atoms with van der Waals surface area (Å²) in [4.78, 5) is 11.5. The number of carbonyl (C=O) groups is 1. The quantitative estimate of drug-likeness (QED) is 0.734. The molecule has 3 aromatic rings. The second-order valence-corrected chi connectivity index (χ2v) is 5.62. The Labute approximate surface area is 144 Å². The molecule has 0 saturated heterocycles. The minimum atomic E-state index is -0.998. The fourth-order valence-corrected chi connectivity index (χ4v) is 3.04. The number of carboxylic acids is 1. The van der Waals surface area contributed by atoms with E-state index in [2.05, 4.69) is 0 Å². The lowest BCUT2D eigenvalue weighted by Crippen LogP contribution is -1.99. The molecule has 24 heavy (non-hydrogen) atoms. The molecule has 0 radical (unpaired) electrons. The molecule has 0 saturated carbocycles. The molecule has 5 heteroatoms. The average Bonchev–Trinajstić information content (AvgIpc) is 2.60. The Morgan fingerprint density at radius 3 is 2.46 bits per heavy atom. The molecule has 3 rings (SSSR count). The van der Waals surface area contributed by atoms with Crippen molar-refractivity contribution in [1.29, 1.82) is 0 Å². The molecule has 0 aromatic heterocycles. The van der Waals surface area contributed by atoms with Crippen LogP contribution in [0.3, 0.4) is 0 Å². The maximum atomic E-state index is 11.5. The van der Waals surface area contributed by atoms with Gasteiger partial charge in [0.1, 0.15) is 11.5 Å². The van der Waals surface area contributed by atoms with E-state index in [1.807, 2.05) is 24.3 Å². The molecular formula is C19H15ClO4. The Morgan fingerprint density at radius 1 is 1.04 bits per heavy atom. The number of methoxy groups -OCH3 is 2. The van der Waals surface area contributed by atoms with Crippen LogP contribution < -0.4 is 9.47 Å². The zero-order valence-corrected chi connectivity index (χ0v) is 13.9. The van der Waals surface area contributed by atoms with Gasteiger partial charge in [0.2, 0.25) is 0 Å². The van der Waals surface area contributed by atoms with Crippen molar-refractivity contribution in [1.82, 2.24) is 0 Å². The van der Waals surface area contributed by atoms with Crippen molar-refractivity contribution in [3.8, 4) is 22.6 Å². The molecule has 0 aliphatic carbocycles. The van der Waals surface area contributed by atoms with Crippen LogP contribution in [0.1, 0.15) is 10.4 Å². The fourth-order valence-electron chi connectivity index (χ4n) is 2.80. The van der Waals surface area contributed by atoms with Crippen LogP contribution in [0.25, 0.3) is 21.9 Å². The average molecular weight is 343 g/mol. The van der Waals surface area contributed by atoms with Gasteiger partial charge in [0.15, 0.2) is 0 Å². The monoisotopic (exact) mass is 342 g/mol. The van der Waals surface area contributed by atoms with Crippen LogP contribution in [0.15, 0.2) is 48.5 Å². The minimum Gasteiger partial charge on any atom is -0.496 e. The minimum absolute atomic E-state index is 0.188. The number of hydrogen-bond acceptors (Lipinski definition) is 3. The van der Waals surface area contributed by atoms with Crippen LogP contribution in [-0.2, 0) is 0 Å². The Bertz CT molecular complexity index is 934. The lowest BCUT2D eigenvalue weighted by molar-refractivity contribution is 0.0697. The first-order chi connectivity index (χ1) is 11.6. The molecular weight excluding hydrogens is 328 g/mol. The second kappa shape index (κ2) is 6.42. The van der Waals surface area contributed by atoms with Crippen molar-refractivity contribution in [2.45, 2.75) is 0 Å². The van der Waals surface area contributed by atoms with Crippen LogP contribution in [-0.4, -0.2) is 25.3 Å². The number of hydrogen-bond donors (Lipinski definition) is 1. The van der Waals surface area contributed by atoms with Crippen molar-refractivity contribution >= 4 is 28.3 Å². The van der Waals surface area contributed by atoms with Crippen LogP contribution in [0.2, 0.25) is 5.02 Å². The number of halogens is 1. The van der Waals surface area contributed by atoms with Crippen molar-refractivity contribution in [2.24, 2.45) is 0 Å². The maximum Gasteiger partial charge on any atom is 0.335 e. The molecule has 3 aromatic carbocycles. The van der Waals surface area contributed by atoms with Crippen LogP contribution >= 0.6 is 11.6 Å². The summed E-state index contributed by atoms with van der Waals surface area (Å²) in [6.07, 6.45) is 0. The molecule has 0 unspecified atom stereocenters. The van der Waals surface area contributed by atoms with Gasteiger partial charge in [-0.1, -0.05) is 35.9 Å². The standard InChI is InChI=1S/C19H15ClO4/c1-23-16-8-7-15(20)18(24-2)17(16)14-10-12(19(21)22)9-11-5-3-4-6-13(11)14/h3-10H,1-2H3,(H,21,22). The third-order valence-electron chi connectivity index (χ3n) is 3.87. The second-order valence-electron chi connectivity index (χ2n) is 5.21. The lowest BCUT2D eigenvalue weighted by atomic mass is 9.94. The van der Waals surface area contributed by atoms with Gasteiger partial charge in [-0.05, 0) is 40.6 Å². The highest BCUT2D eigenvalue weighted by Crippen LogP contribution is 2.45. The molecule has 0 amide bonds. The first-order valence-electron chi connectivity index (χ1n) is 7.23. The number of fused-ring (bicyclic) bond motifs is 1. The molecule has 0 spiro atoms. The highest BCUT2D eigenvalue weighted by atomic mass is 35.5. The first kappa shape index (κ1) is 16.1. The molecule has 4 nitrogen and oxygen atoms in total. The Morgan fingerprint density at radius 2 is 1.79 bits per heavy atom. The number of benzene rings is 3. The van der Waals surface area contributed by atoms with Crippen LogP contribution in [0.5, 0.6) is 11.5 Å². The number of rotatable bonds is 4. The predicted octanol–water partition coefficient (Wildman–Crippen LogP) is 4.88. The summed E-state index contributed by atoms with van der Waals surface area (Å²) >= 11 is 6.27. The van der Waals surface area contributed by atoms with E-state index in [1.165, 1.54) is 7.11 Å². The predicted molar refractivity (Wildman–Crippen MR) is 94.5 cm³/mol. The van der Waals surface area contributed by atoms with Crippen LogP contribution in [0.4, 0.5) is 0 Å². The summed E-state index contributed by atoms with van der Waals surface area (Å²) in [7, 11) is 3.07. The molecule has 122 valence electrons. The summed E-state index contributed by atoms with van der Waals surface area (Å²) in [6, 6.07) is 14.2. The van der Waals surface area contributed by atoms with Crippen molar-refractivity contribution in [2.75, 3.05) is 14.2 Å². The fraction of sp³-hybridized carbons (Fsp3) is 0.105. The highest BCUT2D eigenvalue weighted by molar-refractivity contribution is 6.32. The number of carboxylic acid groups (broad SMARTS) is 1. The van der Waals surface area contributed by atoms with Gasteiger partial charge < -0.3 is 14.6 Å². The van der Waals surface area contributed by atoms with E-state index in [9.17, 15) is 9.90 Å². The van der Waals surface area contributed by atoms with E-state index >= 15 is 0 Å². The van der Waals surface area contributed by atoms with E-state index in [0.717, 1.165) is 10.8 Å². The zero-order chi connectivity index (χ0) is 17.3. The molecule has 0 aliphatic heterocycles. The summed E-state index contributed by atoms with van der Waals surface area (Å²) in [5.41, 5.74) is 1.52. The summed E-state index contributed by atoms with van der Waals surface area (Å²) in [5, 5.41) is 11.6. The van der Waals surface area contributed by atoms with Gasteiger partial charge in [-0.2, -0.15) is 0 Å². The Balaban J connectivity index is 2.46. The van der Waals surface area contributed by atoms with Crippen molar-refractivity contribution in [3.05, 3.63) is 59.1 Å². The summed E-state index contributed by atoms with van der Waals surface area (Å²) < 4.78 is 10.9. The molecule has 0 bridgehead atoms. The normalized spacial score (nSPS) is 10.6. The van der Waals surface area contributed by atoms with E-state index in [4.69, 9.17) is 21.1 Å². The van der Waals surface area contributed by atoms with Gasteiger partial charge in [-0.15, -0.1) is 0 Å². The van der Waals surface area contributed by atoms with Crippen molar-refractivity contribution in [3.63, 3.8) is 0 Å². The molecule has 0 aliphatic rings. The first-order valence-corrected chi connectivity index (χ1v) is 7.61. The van der Waals surface area contributed by atoms with Gasteiger partial charge in [0.05, 0.1) is 30.4 Å². The van der Waals surface area contributed by atoms with E-state index in [-0.39, 0.29) is 5.56 Å². The van der Waals surface area contributed by atoms with Crippen LogP contribution in [0, 0.1) is 0 Å². The van der Waals surface area contributed by atoms with E-state index in [0.29, 0.717) is 27.6 Å². The maximum absolute atomic E-state index is 11.5. The Hall–Kier alpha value is -2.72. The number of ether oxygens (including phenoxy) is 2. The topological polar surface area (TPSA) is 55.8 Å². The zero-order valence-electron chi connectivity index (χ0n) is 13.2. The summed E-state index contributed by atoms with van der Waals surface area (Å²) in [6.45, 7) is 0. The van der Waals surface area contributed by atoms with Gasteiger partial charge in [-0.3, -0.25) is 0 Å². The molecule has 0 atom stereocenters. The largest absolute Gasteiger partial charge is 0.496 e. The SMILES string of the molecule is COc1ccc(Cl)c(OC)c1-c1cc(C(=O)O)cc2ccccc12. The van der Waals surface area contributed by atoms with E-state index < -0.39 is 5.97 Å². The van der Waals surface area contributed by atoms with Crippen molar-refractivity contribution < 1.29 is 19.4 Å². The van der Waals surface area contributed by atoms with Gasteiger partial charge >= 0.3 is 5.97 Å². The summed E-state index contributed by atoms with van der Waals surface area (Å²) in [5.74, 6) is 0.00890. The van der Waals surface area contributed by atoms with Gasteiger partial charge in [0, 0.05) is 0 Å². The Kier molecular flexibility index (Phi) is 4.32. The van der Waals surface area contributed by atoms with Gasteiger partial charge in [0.25, 0.3) is 0 Å². The third kappa shape index (κ3) is 2.65. The third-order valence-corrected chi connectivity index (χ3v) is 4.17. The van der Waals surface area contributed by atoms with Gasteiger partial charge in [-0.25, -0.2) is 4.79 Å². The smallest absolute Gasteiger partial charge is 0.335 e. The molecule has 0 heterocycles.